The van der Waals surface area contributed by atoms with Crippen molar-refractivity contribution >= 4 is 23.2 Å². The Hall–Kier alpha value is -2.72. The molecule has 0 N–H and O–H groups in total. The summed E-state index contributed by atoms with van der Waals surface area (Å²) in [4.78, 5) is 19.8. The monoisotopic (exact) mass is 358 g/mol. The molecule has 0 radical (unpaired) electrons. The molecule has 27 heavy (non-hydrogen) atoms. The van der Waals surface area contributed by atoms with Gasteiger partial charge in [-0.1, -0.05) is 30.3 Å². The second-order valence-electron chi connectivity index (χ2n) is 7.54. The molecule has 4 aliphatic rings. The van der Waals surface area contributed by atoms with Gasteiger partial charge in [-0.2, -0.15) is 0 Å². The quantitative estimate of drug-likeness (QED) is 0.786. The van der Waals surface area contributed by atoms with Gasteiger partial charge in [-0.15, -0.1) is 0 Å². The van der Waals surface area contributed by atoms with Gasteiger partial charge in [0, 0.05) is 12.7 Å². The standard InChI is InChI=1S/C23H22N2O2/c26-23(27-22-15-25-11-8-16(22)9-12-25)21-14-17(13-18-5-3-4-10-24-18)19-6-1-2-7-20(19)21/h1-7,10,13-14,16,22H,8-9,11-12,15H2/b17-13-/t22-/m1/s1. The van der Waals surface area contributed by atoms with Crippen molar-refractivity contribution < 1.29 is 9.53 Å². The molecule has 3 fully saturated rings. The van der Waals surface area contributed by atoms with Gasteiger partial charge in [-0.05, 0) is 72.8 Å². The number of hydrogen-bond donors (Lipinski definition) is 0. The fourth-order valence-corrected chi connectivity index (χ4v) is 4.43. The Bertz CT molecular complexity index is 924. The lowest BCUT2D eigenvalue weighted by Gasteiger charge is -2.43. The maximum absolute atomic E-state index is 13.0. The van der Waals surface area contributed by atoms with Crippen LogP contribution in [0.1, 0.15) is 29.7 Å². The Morgan fingerprint density at radius 1 is 1.07 bits per heavy atom. The van der Waals surface area contributed by atoms with Gasteiger partial charge in [0.25, 0.3) is 0 Å². The highest BCUT2D eigenvalue weighted by molar-refractivity contribution is 6.24. The number of hydrogen-bond acceptors (Lipinski definition) is 4. The molecule has 1 aliphatic carbocycles. The topological polar surface area (TPSA) is 42.4 Å². The third-order valence-corrected chi connectivity index (χ3v) is 5.89. The predicted molar refractivity (Wildman–Crippen MR) is 106 cm³/mol. The van der Waals surface area contributed by atoms with Crippen molar-refractivity contribution in [2.24, 2.45) is 5.92 Å². The molecule has 1 aromatic heterocycles. The van der Waals surface area contributed by atoms with Crippen LogP contribution >= 0.6 is 0 Å². The van der Waals surface area contributed by atoms with Gasteiger partial charge in [0.05, 0.1) is 11.3 Å². The van der Waals surface area contributed by atoms with Crippen LogP contribution < -0.4 is 0 Å². The number of esters is 1. The lowest BCUT2D eigenvalue weighted by Crippen LogP contribution is -2.51. The van der Waals surface area contributed by atoms with Crippen LogP contribution in [0, 0.1) is 5.92 Å². The minimum Gasteiger partial charge on any atom is -0.457 e. The first-order chi connectivity index (χ1) is 13.3. The zero-order valence-electron chi connectivity index (χ0n) is 15.2. The number of carbonyl (C=O) groups is 1. The Morgan fingerprint density at radius 3 is 2.56 bits per heavy atom. The average Bonchev–Trinajstić information content (AvgIpc) is 3.08. The fraction of sp³-hybridized carbons (Fsp3) is 0.304. The molecule has 6 rings (SSSR count). The molecule has 4 heterocycles. The first kappa shape index (κ1) is 16.5. The first-order valence-electron chi connectivity index (χ1n) is 9.65. The molecule has 1 atom stereocenters. The van der Waals surface area contributed by atoms with E-state index in [0.717, 1.165) is 54.9 Å². The van der Waals surface area contributed by atoms with Crippen LogP contribution in [0.4, 0.5) is 0 Å². The molecular weight excluding hydrogens is 336 g/mol. The molecule has 4 nitrogen and oxygen atoms in total. The molecular formula is C23H22N2O2. The van der Waals surface area contributed by atoms with E-state index in [1.54, 1.807) is 6.20 Å². The van der Waals surface area contributed by atoms with Gasteiger partial charge in [0.15, 0.2) is 0 Å². The van der Waals surface area contributed by atoms with E-state index in [-0.39, 0.29) is 12.1 Å². The Balaban J connectivity index is 1.44. The summed E-state index contributed by atoms with van der Waals surface area (Å²) in [5.74, 6) is 0.311. The molecule has 0 amide bonds. The van der Waals surface area contributed by atoms with Crippen molar-refractivity contribution in [3.05, 3.63) is 71.6 Å². The number of ether oxygens (including phenoxy) is 1. The summed E-state index contributed by atoms with van der Waals surface area (Å²) in [6, 6.07) is 13.8. The van der Waals surface area contributed by atoms with E-state index in [9.17, 15) is 4.79 Å². The van der Waals surface area contributed by atoms with Gasteiger partial charge >= 0.3 is 5.97 Å². The molecule has 0 saturated carbocycles. The summed E-state index contributed by atoms with van der Waals surface area (Å²) in [5, 5.41) is 0. The van der Waals surface area contributed by atoms with E-state index >= 15 is 0 Å². The number of carbonyl (C=O) groups excluding carboxylic acids is 1. The second kappa shape index (κ2) is 6.78. The summed E-state index contributed by atoms with van der Waals surface area (Å²) in [5.41, 5.74) is 4.55. The molecule has 3 aliphatic heterocycles. The van der Waals surface area contributed by atoms with Crippen LogP contribution in [0.3, 0.4) is 0 Å². The van der Waals surface area contributed by atoms with Crippen LogP contribution in [0.2, 0.25) is 0 Å². The van der Waals surface area contributed by atoms with Crippen molar-refractivity contribution in [3.8, 4) is 0 Å². The van der Waals surface area contributed by atoms with Crippen LogP contribution in [-0.4, -0.2) is 41.6 Å². The van der Waals surface area contributed by atoms with Crippen molar-refractivity contribution in [3.63, 3.8) is 0 Å². The van der Waals surface area contributed by atoms with E-state index in [0.29, 0.717) is 11.5 Å². The summed E-state index contributed by atoms with van der Waals surface area (Å²) in [7, 11) is 0. The molecule has 0 spiro atoms. The van der Waals surface area contributed by atoms with Crippen LogP contribution in [0.15, 0.2) is 54.7 Å². The molecule has 3 saturated heterocycles. The third-order valence-electron chi connectivity index (χ3n) is 5.89. The minimum atomic E-state index is -0.203. The van der Waals surface area contributed by atoms with Gasteiger partial charge < -0.3 is 4.74 Å². The van der Waals surface area contributed by atoms with Crippen LogP contribution in [-0.2, 0) is 9.53 Å². The van der Waals surface area contributed by atoms with E-state index in [1.165, 1.54) is 0 Å². The second-order valence-corrected chi connectivity index (χ2v) is 7.54. The molecule has 1 aromatic carbocycles. The zero-order chi connectivity index (χ0) is 18.2. The number of rotatable bonds is 3. The minimum absolute atomic E-state index is 0.0249. The van der Waals surface area contributed by atoms with Gasteiger partial charge in [-0.3, -0.25) is 9.88 Å². The maximum Gasteiger partial charge on any atom is 0.339 e. The molecule has 136 valence electrons. The SMILES string of the molecule is O=C(O[C@@H]1CN2CCC1CC2)C1=C/C(=C/c2ccccn2)c2ccccc21. The normalized spacial score (nSPS) is 27.3. The largest absolute Gasteiger partial charge is 0.457 e. The summed E-state index contributed by atoms with van der Waals surface area (Å²) >= 11 is 0. The highest BCUT2D eigenvalue weighted by Crippen LogP contribution is 2.38. The van der Waals surface area contributed by atoms with Gasteiger partial charge in [0.2, 0.25) is 0 Å². The average molecular weight is 358 g/mol. The first-order valence-corrected chi connectivity index (χ1v) is 9.65. The number of nitrogens with zero attached hydrogens (tertiary/aromatic N) is 2. The van der Waals surface area contributed by atoms with Gasteiger partial charge in [-0.25, -0.2) is 4.79 Å². The number of piperidine rings is 3. The Kier molecular flexibility index (Phi) is 4.13. The number of aromatic nitrogens is 1. The summed E-state index contributed by atoms with van der Waals surface area (Å²) < 4.78 is 5.97. The smallest absolute Gasteiger partial charge is 0.339 e. The fourth-order valence-electron chi connectivity index (χ4n) is 4.43. The molecule has 2 aromatic rings. The summed E-state index contributed by atoms with van der Waals surface area (Å²) in [6.07, 6.45) is 8.05. The number of allylic oxidation sites excluding steroid dienone is 2. The highest BCUT2D eigenvalue weighted by atomic mass is 16.5. The lowest BCUT2D eigenvalue weighted by molar-refractivity contribution is -0.151. The van der Waals surface area contributed by atoms with Gasteiger partial charge in [0.1, 0.15) is 6.10 Å². The Morgan fingerprint density at radius 2 is 1.85 bits per heavy atom. The predicted octanol–water partition coefficient (Wildman–Crippen LogP) is 3.66. The van der Waals surface area contributed by atoms with Crippen molar-refractivity contribution in [1.29, 1.82) is 0 Å². The summed E-state index contributed by atoms with van der Waals surface area (Å²) in [6.45, 7) is 3.16. The van der Waals surface area contributed by atoms with E-state index < -0.39 is 0 Å². The molecule has 2 bridgehead atoms. The molecule has 4 heteroatoms. The number of benzene rings is 1. The van der Waals surface area contributed by atoms with E-state index in [1.807, 2.05) is 48.6 Å². The van der Waals surface area contributed by atoms with Crippen LogP contribution in [0.25, 0.3) is 17.2 Å². The van der Waals surface area contributed by atoms with Crippen LogP contribution in [0.5, 0.6) is 0 Å². The maximum atomic E-state index is 13.0. The van der Waals surface area contributed by atoms with E-state index in [4.69, 9.17) is 4.74 Å². The molecule has 0 unspecified atom stereocenters. The van der Waals surface area contributed by atoms with Crippen molar-refractivity contribution in [2.45, 2.75) is 18.9 Å². The third kappa shape index (κ3) is 3.10. The lowest BCUT2D eigenvalue weighted by atomic mass is 9.86. The number of pyridine rings is 1. The zero-order valence-corrected chi connectivity index (χ0v) is 15.2. The van der Waals surface area contributed by atoms with E-state index in [2.05, 4.69) is 16.0 Å². The van der Waals surface area contributed by atoms with Crippen molar-refractivity contribution in [2.75, 3.05) is 19.6 Å². The highest BCUT2D eigenvalue weighted by Gasteiger charge is 2.37. The Labute approximate surface area is 159 Å². The van der Waals surface area contributed by atoms with Crippen molar-refractivity contribution in [1.82, 2.24) is 9.88 Å². The number of fused-ring (bicyclic) bond motifs is 4.